The van der Waals surface area contributed by atoms with Gasteiger partial charge in [-0.15, -0.1) is 0 Å². The standard InChI is InChI=1S/C16H19N5O2S/c1-10(2)13-6-5-12(7-17)16(18-13)24-9-14(22)19-15-8-21(11(3)4)20-23-15/h5-6,8,10-11H,9H2,1-4H3. The monoisotopic (exact) mass is 345 g/mol. The number of pyridine rings is 1. The van der Waals surface area contributed by atoms with E-state index >= 15 is 0 Å². The van der Waals surface area contributed by atoms with Crippen LogP contribution < -0.4 is 9.79 Å². The Balaban J connectivity index is 2.10. The zero-order valence-corrected chi connectivity index (χ0v) is 14.9. The third-order valence-corrected chi connectivity index (χ3v) is 4.14. The van der Waals surface area contributed by atoms with Crippen LogP contribution in [0.3, 0.4) is 0 Å². The first kappa shape index (κ1) is 17.9. The fourth-order valence-electron chi connectivity index (χ4n) is 1.80. The highest BCUT2D eigenvalue weighted by Gasteiger charge is 2.14. The number of aromatic nitrogens is 3. The minimum Gasteiger partial charge on any atom is -0.861 e. The lowest BCUT2D eigenvalue weighted by Crippen LogP contribution is -2.36. The van der Waals surface area contributed by atoms with Crippen molar-refractivity contribution in [2.75, 3.05) is 5.75 Å². The number of rotatable bonds is 6. The van der Waals surface area contributed by atoms with Crippen molar-refractivity contribution in [1.29, 1.82) is 5.26 Å². The molecule has 7 nitrogen and oxygen atoms in total. The summed E-state index contributed by atoms with van der Waals surface area (Å²) >= 11 is 1.20. The topological polar surface area (TPSA) is 102 Å². The normalized spacial score (nSPS) is 12.0. The van der Waals surface area contributed by atoms with Gasteiger partial charge >= 0.3 is 5.88 Å². The minimum absolute atomic E-state index is 0.0750. The van der Waals surface area contributed by atoms with Crippen molar-refractivity contribution in [3.63, 3.8) is 0 Å². The summed E-state index contributed by atoms with van der Waals surface area (Å²) < 4.78 is 6.58. The zero-order valence-electron chi connectivity index (χ0n) is 14.1. The minimum atomic E-state index is -0.368. The Labute approximate surface area is 145 Å². The maximum absolute atomic E-state index is 12.0. The van der Waals surface area contributed by atoms with E-state index in [1.54, 1.807) is 16.9 Å². The van der Waals surface area contributed by atoms with Crippen LogP contribution in [0, 0.1) is 11.3 Å². The molecule has 0 amide bonds. The largest absolute Gasteiger partial charge is 0.861 e. The van der Waals surface area contributed by atoms with E-state index in [4.69, 9.17) is 9.78 Å². The quantitative estimate of drug-likeness (QED) is 0.344. The molecular formula is C16H19N5O2S. The van der Waals surface area contributed by atoms with E-state index < -0.39 is 0 Å². The molecule has 126 valence electrons. The fourth-order valence-corrected chi connectivity index (χ4v) is 2.56. The molecule has 0 spiro atoms. The Morgan fingerprint density at radius 3 is 2.75 bits per heavy atom. The summed E-state index contributed by atoms with van der Waals surface area (Å²) in [5.74, 6) is 0.121. The molecule has 0 fully saturated rings. The first-order valence-corrected chi connectivity index (χ1v) is 8.55. The molecule has 24 heavy (non-hydrogen) atoms. The van der Waals surface area contributed by atoms with Crippen molar-refractivity contribution in [1.82, 2.24) is 10.3 Å². The Kier molecular flexibility index (Phi) is 5.93. The van der Waals surface area contributed by atoms with Gasteiger partial charge in [0, 0.05) is 11.4 Å². The Hall–Kier alpha value is -2.40. The van der Waals surface area contributed by atoms with E-state index in [-0.39, 0.29) is 29.5 Å². The van der Waals surface area contributed by atoms with Gasteiger partial charge in [0.25, 0.3) is 6.20 Å². The Morgan fingerprint density at radius 2 is 2.17 bits per heavy atom. The number of nitrogens with zero attached hydrogens (tertiary/aromatic N) is 5. The predicted molar refractivity (Wildman–Crippen MR) is 87.9 cm³/mol. The van der Waals surface area contributed by atoms with Crippen LogP contribution in [0.2, 0.25) is 0 Å². The molecule has 0 bridgehead atoms. The molecule has 0 N–H and O–H groups in total. The summed E-state index contributed by atoms with van der Waals surface area (Å²) in [6.45, 7) is 7.94. The van der Waals surface area contributed by atoms with E-state index in [9.17, 15) is 5.11 Å². The number of aliphatic imine (C=N–C) groups is 1. The lowest BCUT2D eigenvalue weighted by Gasteiger charge is -2.11. The van der Waals surface area contributed by atoms with E-state index in [0.717, 1.165) is 5.69 Å². The summed E-state index contributed by atoms with van der Waals surface area (Å²) in [7, 11) is 0. The van der Waals surface area contributed by atoms with Crippen molar-refractivity contribution in [3.8, 4) is 6.07 Å². The second-order valence-corrected chi connectivity index (χ2v) is 6.73. The van der Waals surface area contributed by atoms with Crippen LogP contribution in [0.15, 0.2) is 32.9 Å². The molecule has 0 aliphatic carbocycles. The summed E-state index contributed by atoms with van der Waals surface area (Å²) in [6.07, 6.45) is 1.57. The van der Waals surface area contributed by atoms with Gasteiger partial charge in [-0.05, 0) is 42.5 Å². The summed E-state index contributed by atoms with van der Waals surface area (Å²) in [5, 5.41) is 25.5. The Morgan fingerprint density at radius 1 is 1.42 bits per heavy atom. The molecule has 8 heteroatoms. The maximum atomic E-state index is 12.0. The van der Waals surface area contributed by atoms with Gasteiger partial charge in [-0.1, -0.05) is 25.6 Å². The third-order valence-electron chi connectivity index (χ3n) is 3.16. The number of hydrogen-bond donors (Lipinski definition) is 0. The number of nitriles is 1. The lowest BCUT2D eigenvalue weighted by molar-refractivity contribution is -0.779. The summed E-state index contributed by atoms with van der Waals surface area (Å²) in [6, 6.07) is 5.78. The molecule has 0 saturated heterocycles. The molecular weight excluding hydrogens is 326 g/mol. The average Bonchev–Trinajstić information content (AvgIpc) is 3.01. The van der Waals surface area contributed by atoms with Crippen LogP contribution >= 0.6 is 11.8 Å². The van der Waals surface area contributed by atoms with Crippen molar-refractivity contribution in [3.05, 3.63) is 29.6 Å². The molecule has 2 aromatic rings. The van der Waals surface area contributed by atoms with E-state index in [2.05, 4.69) is 21.3 Å². The van der Waals surface area contributed by atoms with Crippen LogP contribution in [0.25, 0.3) is 0 Å². The molecule has 2 aromatic heterocycles. The van der Waals surface area contributed by atoms with Gasteiger partial charge in [0.1, 0.15) is 11.1 Å². The highest BCUT2D eigenvalue weighted by atomic mass is 32.2. The van der Waals surface area contributed by atoms with Crippen molar-refractivity contribution in [2.24, 2.45) is 4.99 Å². The van der Waals surface area contributed by atoms with Crippen LogP contribution in [-0.4, -0.2) is 21.9 Å². The number of hydrogen-bond acceptors (Lipinski definition) is 7. The molecule has 2 heterocycles. The molecule has 0 atom stereocenters. The van der Waals surface area contributed by atoms with E-state index in [1.165, 1.54) is 11.8 Å². The Bertz CT molecular complexity index is 777. The van der Waals surface area contributed by atoms with Crippen molar-refractivity contribution < 1.29 is 14.3 Å². The molecule has 0 aliphatic heterocycles. The second kappa shape index (κ2) is 7.93. The summed E-state index contributed by atoms with van der Waals surface area (Å²) in [4.78, 5) is 8.33. The van der Waals surface area contributed by atoms with Gasteiger partial charge in [-0.3, -0.25) is 4.52 Å². The van der Waals surface area contributed by atoms with Crippen molar-refractivity contribution in [2.45, 2.75) is 44.7 Å². The molecule has 0 aromatic carbocycles. The number of thioether (sulfide) groups is 1. The van der Waals surface area contributed by atoms with E-state index in [0.29, 0.717) is 10.6 Å². The SMILES string of the molecule is CC(C)c1ccc(C#N)c(SC/C([O-])=N/c2c[n+](C(C)C)no2)n1. The molecule has 0 radical (unpaired) electrons. The predicted octanol–water partition coefficient (Wildman–Crippen LogP) is 2.12. The van der Waals surface area contributed by atoms with Gasteiger partial charge in [0.2, 0.25) is 5.27 Å². The summed E-state index contributed by atoms with van der Waals surface area (Å²) in [5.41, 5.74) is 1.34. The van der Waals surface area contributed by atoms with Gasteiger partial charge in [0.15, 0.2) is 6.04 Å². The van der Waals surface area contributed by atoms with Crippen LogP contribution in [0.5, 0.6) is 0 Å². The van der Waals surface area contributed by atoms with Crippen LogP contribution in [0.1, 0.15) is 50.9 Å². The van der Waals surface area contributed by atoms with Gasteiger partial charge < -0.3 is 5.11 Å². The maximum Gasteiger partial charge on any atom is 0.320 e. The highest BCUT2D eigenvalue weighted by molar-refractivity contribution is 7.99. The van der Waals surface area contributed by atoms with Gasteiger partial charge in [-0.2, -0.15) is 5.26 Å². The fraction of sp³-hybridized carbons (Fsp3) is 0.438. The lowest BCUT2D eigenvalue weighted by atomic mass is 10.1. The van der Waals surface area contributed by atoms with E-state index in [1.807, 2.05) is 33.8 Å². The zero-order chi connectivity index (χ0) is 17.7. The molecule has 0 saturated carbocycles. The first-order valence-electron chi connectivity index (χ1n) is 7.57. The second-order valence-electron chi connectivity index (χ2n) is 5.76. The molecule has 2 rings (SSSR count). The van der Waals surface area contributed by atoms with Gasteiger partial charge in [0.05, 0.1) is 5.56 Å². The third kappa shape index (κ3) is 4.55. The average molecular weight is 345 g/mol. The smallest absolute Gasteiger partial charge is 0.320 e. The van der Waals surface area contributed by atoms with Crippen LogP contribution in [0.4, 0.5) is 5.88 Å². The molecule has 0 aliphatic rings. The first-order chi connectivity index (χ1) is 11.4. The highest BCUT2D eigenvalue weighted by Crippen LogP contribution is 2.23. The van der Waals surface area contributed by atoms with Crippen molar-refractivity contribution >= 4 is 23.5 Å². The van der Waals surface area contributed by atoms with Gasteiger partial charge in [-0.25, -0.2) is 9.98 Å². The van der Waals surface area contributed by atoms with Crippen LogP contribution in [-0.2, 0) is 0 Å². The molecule has 0 unspecified atom stereocenters.